The number of fused-ring (bicyclic) bond motifs is 2. The summed E-state index contributed by atoms with van der Waals surface area (Å²) in [5.41, 5.74) is 8.41. The van der Waals surface area contributed by atoms with E-state index in [9.17, 15) is 8.42 Å². The van der Waals surface area contributed by atoms with Crippen LogP contribution in [0.5, 0.6) is 0 Å². The predicted octanol–water partition coefficient (Wildman–Crippen LogP) is 1.27. The number of nitrogens with two attached hydrogens (primary N) is 1. The Morgan fingerprint density at radius 3 is 2.87 bits per heavy atom. The summed E-state index contributed by atoms with van der Waals surface area (Å²) in [5.74, 6) is 1.14. The first kappa shape index (κ1) is 20.1. The number of aryl methyl sites for hydroxylation is 1. The van der Waals surface area contributed by atoms with Gasteiger partial charge in [0, 0.05) is 43.0 Å². The van der Waals surface area contributed by atoms with Crippen LogP contribution in [-0.4, -0.2) is 61.0 Å². The van der Waals surface area contributed by atoms with Crippen LogP contribution in [0.2, 0.25) is 0 Å². The van der Waals surface area contributed by atoms with E-state index < -0.39 is 15.4 Å². The van der Waals surface area contributed by atoms with E-state index in [4.69, 9.17) is 20.4 Å². The summed E-state index contributed by atoms with van der Waals surface area (Å²) < 4.78 is 30.7. The number of rotatable bonds is 4. The second-order valence-electron chi connectivity index (χ2n) is 8.33. The first-order valence-corrected chi connectivity index (χ1v) is 11.8. The monoisotopic (exact) mass is 440 g/mol. The third-order valence-corrected chi connectivity index (χ3v) is 7.48. The molecule has 3 N–H and O–H groups in total. The Labute approximate surface area is 180 Å². The van der Waals surface area contributed by atoms with Crippen molar-refractivity contribution in [3.63, 3.8) is 0 Å². The molecule has 1 aromatic carbocycles. The van der Waals surface area contributed by atoms with E-state index in [-0.39, 0.29) is 5.75 Å². The van der Waals surface area contributed by atoms with Crippen LogP contribution in [0.3, 0.4) is 0 Å². The Morgan fingerprint density at radius 1 is 1.26 bits per heavy atom. The number of nitrogens with one attached hydrogen (secondary N) is 1. The Kier molecular flexibility index (Phi) is 4.80. The van der Waals surface area contributed by atoms with E-state index in [2.05, 4.69) is 10.3 Å². The fraction of sp³-hybridized carbons (Fsp3) is 0.381. The first-order chi connectivity index (χ1) is 14.8. The van der Waals surface area contributed by atoms with Gasteiger partial charge in [0.25, 0.3) is 0 Å². The second-order valence-corrected chi connectivity index (χ2v) is 10.4. The smallest absolute Gasteiger partial charge is 0.228 e. The van der Waals surface area contributed by atoms with Crippen molar-refractivity contribution in [3.05, 3.63) is 47.8 Å². The maximum absolute atomic E-state index is 12.7. The first-order valence-electron chi connectivity index (χ1n) is 10.1. The molecule has 2 aromatic heterocycles. The van der Waals surface area contributed by atoms with Gasteiger partial charge in [-0.25, -0.2) is 13.4 Å². The standard InChI is InChI=1S/C21H24N6O3S/c1-14-2-3-17-16(8-14)19(24-11-21(22)12-30-13-21)26-20(25-17)27-6-7-31(28,29)18-4-5-23-9-15(18)10-27/h2-5,8-9H,6-7,10-13,22H2,1H3,(H,24,25,26). The molecular weight excluding hydrogens is 416 g/mol. The SMILES string of the molecule is Cc1ccc2nc(N3CCS(=O)(=O)c4ccncc4C3)nc(NCC3(N)COC3)c2c1. The molecular formula is C21H24N6O3S. The van der Waals surface area contributed by atoms with Crippen molar-refractivity contribution in [3.8, 4) is 0 Å². The number of ether oxygens (including phenoxy) is 1. The van der Waals surface area contributed by atoms with Crippen molar-refractivity contribution in [2.75, 3.05) is 42.3 Å². The minimum Gasteiger partial charge on any atom is -0.377 e. The number of aromatic nitrogens is 3. The molecule has 2 aliphatic heterocycles. The fourth-order valence-electron chi connectivity index (χ4n) is 3.86. The Morgan fingerprint density at radius 2 is 2.10 bits per heavy atom. The predicted molar refractivity (Wildman–Crippen MR) is 118 cm³/mol. The largest absolute Gasteiger partial charge is 0.377 e. The van der Waals surface area contributed by atoms with E-state index in [0.717, 1.165) is 16.5 Å². The molecule has 0 saturated carbocycles. The molecule has 0 radical (unpaired) electrons. The van der Waals surface area contributed by atoms with Gasteiger partial charge in [-0.2, -0.15) is 4.98 Å². The van der Waals surface area contributed by atoms with Crippen molar-refractivity contribution in [1.82, 2.24) is 15.0 Å². The van der Waals surface area contributed by atoms with Gasteiger partial charge in [-0.3, -0.25) is 4.98 Å². The molecule has 5 rings (SSSR count). The van der Waals surface area contributed by atoms with Crippen LogP contribution in [0.15, 0.2) is 41.6 Å². The zero-order chi connectivity index (χ0) is 21.6. The van der Waals surface area contributed by atoms with Gasteiger partial charge >= 0.3 is 0 Å². The van der Waals surface area contributed by atoms with Gasteiger partial charge in [0.05, 0.1) is 34.9 Å². The van der Waals surface area contributed by atoms with Gasteiger partial charge in [-0.1, -0.05) is 11.6 Å². The number of hydrogen-bond acceptors (Lipinski definition) is 9. The zero-order valence-corrected chi connectivity index (χ0v) is 18.0. The molecule has 162 valence electrons. The molecule has 9 nitrogen and oxygen atoms in total. The van der Waals surface area contributed by atoms with E-state index in [0.29, 0.717) is 55.1 Å². The number of nitrogens with zero attached hydrogens (tertiary/aromatic N) is 4. The van der Waals surface area contributed by atoms with Gasteiger partial charge in [-0.05, 0) is 25.1 Å². The van der Waals surface area contributed by atoms with Crippen molar-refractivity contribution in [2.24, 2.45) is 5.73 Å². The Balaban J connectivity index is 1.54. The lowest BCUT2D eigenvalue weighted by Crippen LogP contribution is -2.61. The average molecular weight is 441 g/mol. The Bertz CT molecular complexity index is 1260. The highest BCUT2D eigenvalue weighted by Gasteiger charge is 2.34. The Hall–Kier alpha value is -2.82. The number of benzene rings is 1. The average Bonchev–Trinajstić information content (AvgIpc) is 2.87. The van der Waals surface area contributed by atoms with Crippen LogP contribution < -0.4 is 16.0 Å². The van der Waals surface area contributed by atoms with Gasteiger partial charge < -0.3 is 20.7 Å². The van der Waals surface area contributed by atoms with E-state index in [1.807, 2.05) is 30.0 Å². The summed E-state index contributed by atoms with van der Waals surface area (Å²) in [6, 6.07) is 7.55. The number of sulfone groups is 1. The third-order valence-electron chi connectivity index (χ3n) is 5.69. The third kappa shape index (κ3) is 3.82. The minimum atomic E-state index is -3.39. The van der Waals surface area contributed by atoms with Crippen LogP contribution in [0.4, 0.5) is 11.8 Å². The van der Waals surface area contributed by atoms with Gasteiger partial charge in [0.2, 0.25) is 5.95 Å². The summed E-state index contributed by atoms with van der Waals surface area (Å²) in [4.78, 5) is 15.9. The lowest BCUT2D eigenvalue weighted by atomic mass is 9.99. The molecule has 0 spiro atoms. The number of anilines is 2. The molecule has 0 bridgehead atoms. The van der Waals surface area contributed by atoms with Gasteiger partial charge in [-0.15, -0.1) is 0 Å². The summed E-state index contributed by atoms with van der Waals surface area (Å²) in [6.45, 7) is 4.21. The molecule has 0 unspecified atom stereocenters. The van der Waals surface area contributed by atoms with Gasteiger partial charge in [0.1, 0.15) is 5.82 Å². The molecule has 31 heavy (non-hydrogen) atoms. The van der Waals surface area contributed by atoms with Crippen LogP contribution >= 0.6 is 0 Å². The highest BCUT2D eigenvalue weighted by molar-refractivity contribution is 7.91. The quantitative estimate of drug-likeness (QED) is 0.617. The summed E-state index contributed by atoms with van der Waals surface area (Å²) in [7, 11) is -3.39. The van der Waals surface area contributed by atoms with Crippen molar-refractivity contribution in [1.29, 1.82) is 0 Å². The number of pyridine rings is 1. The van der Waals surface area contributed by atoms with Crippen LogP contribution in [0, 0.1) is 6.92 Å². The molecule has 2 aliphatic rings. The molecule has 0 atom stereocenters. The minimum absolute atomic E-state index is 0.00861. The van der Waals surface area contributed by atoms with Crippen LogP contribution in [0.25, 0.3) is 10.9 Å². The maximum atomic E-state index is 12.7. The summed E-state index contributed by atoms with van der Waals surface area (Å²) in [6.07, 6.45) is 3.11. The molecule has 4 heterocycles. The zero-order valence-electron chi connectivity index (χ0n) is 17.2. The van der Waals surface area contributed by atoms with Crippen LogP contribution in [0.1, 0.15) is 11.1 Å². The normalized spacial score (nSPS) is 19.4. The molecule has 10 heteroatoms. The van der Waals surface area contributed by atoms with Crippen molar-refractivity contribution in [2.45, 2.75) is 23.9 Å². The van der Waals surface area contributed by atoms with Crippen molar-refractivity contribution >= 4 is 32.5 Å². The molecule has 3 aromatic rings. The van der Waals surface area contributed by atoms with Crippen molar-refractivity contribution < 1.29 is 13.2 Å². The molecule has 0 amide bonds. The molecule has 0 aliphatic carbocycles. The van der Waals surface area contributed by atoms with E-state index >= 15 is 0 Å². The summed E-state index contributed by atoms with van der Waals surface area (Å²) >= 11 is 0. The lowest BCUT2D eigenvalue weighted by Gasteiger charge is -2.38. The second kappa shape index (κ2) is 7.40. The maximum Gasteiger partial charge on any atom is 0.228 e. The number of hydrogen-bond donors (Lipinski definition) is 2. The molecule has 1 saturated heterocycles. The highest BCUT2D eigenvalue weighted by Crippen LogP contribution is 2.29. The van der Waals surface area contributed by atoms with Gasteiger partial charge in [0.15, 0.2) is 9.84 Å². The summed E-state index contributed by atoms with van der Waals surface area (Å²) in [5, 5.41) is 4.27. The lowest BCUT2D eigenvalue weighted by molar-refractivity contribution is -0.0461. The van der Waals surface area contributed by atoms with E-state index in [1.165, 1.54) is 6.20 Å². The highest BCUT2D eigenvalue weighted by atomic mass is 32.2. The molecule has 1 fully saturated rings. The van der Waals surface area contributed by atoms with Crippen LogP contribution in [-0.2, 0) is 21.1 Å². The fourth-order valence-corrected chi connectivity index (χ4v) is 5.33. The van der Waals surface area contributed by atoms with E-state index in [1.54, 1.807) is 12.3 Å². The topological polar surface area (TPSA) is 123 Å².